The van der Waals surface area contributed by atoms with Crippen LogP contribution in [0, 0.1) is 24.0 Å². The van der Waals surface area contributed by atoms with Crippen LogP contribution in [0.15, 0.2) is 66.7 Å². The molecule has 2 amide bonds. The summed E-state index contributed by atoms with van der Waals surface area (Å²) >= 11 is 0. The molecule has 0 spiro atoms. The van der Waals surface area contributed by atoms with E-state index in [4.69, 9.17) is 4.74 Å². The molecule has 0 aromatic heterocycles. The molecule has 0 heterocycles. The summed E-state index contributed by atoms with van der Waals surface area (Å²) in [7, 11) is 0. The van der Waals surface area contributed by atoms with Crippen LogP contribution in [-0.4, -0.2) is 23.3 Å². The minimum Gasteiger partial charge on any atom is -0.484 e. The molecule has 2 N–H and O–H groups in total. The fraction of sp³-hybridized carbons (Fsp3) is 0.130. The zero-order valence-corrected chi connectivity index (χ0v) is 17.0. The van der Waals surface area contributed by atoms with Crippen molar-refractivity contribution in [2.45, 2.75) is 13.8 Å². The van der Waals surface area contributed by atoms with Crippen LogP contribution in [0.3, 0.4) is 0 Å². The number of hydrogen-bond donors (Lipinski definition) is 2. The third kappa shape index (κ3) is 5.66. The van der Waals surface area contributed by atoms with Gasteiger partial charge < -0.3 is 15.4 Å². The Balaban J connectivity index is 1.55. The largest absolute Gasteiger partial charge is 0.484 e. The Bertz CT molecular complexity index is 1110. The summed E-state index contributed by atoms with van der Waals surface area (Å²) in [6.45, 7) is 3.68. The molecule has 0 unspecified atom stereocenters. The number of aryl methyl sites for hydroxylation is 2. The lowest BCUT2D eigenvalue weighted by Gasteiger charge is -2.12. The Morgan fingerprint density at radius 2 is 1.58 bits per heavy atom. The summed E-state index contributed by atoms with van der Waals surface area (Å²) < 4.78 is 5.51. The van der Waals surface area contributed by atoms with Crippen LogP contribution in [0.2, 0.25) is 0 Å². The lowest BCUT2D eigenvalue weighted by atomic mass is 10.1. The molecule has 3 aromatic carbocycles. The Kier molecular flexibility index (Phi) is 6.61. The van der Waals surface area contributed by atoms with Gasteiger partial charge >= 0.3 is 0 Å². The van der Waals surface area contributed by atoms with E-state index in [0.717, 1.165) is 16.8 Å². The van der Waals surface area contributed by atoms with Gasteiger partial charge in [0.1, 0.15) is 5.75 Å². The van der Waals surface area contributed by atoms with E-state index in [9.17, 15) is 19.7 Å². The van der Waals surface area contributed by atoms with Crippen molar-refractivity contribution in [2.75, 3.05) is 17.2 Å². The Morgan fingerprint density at radius 1 is 0.935 bits per heavy atom. The maximum absolute atomic E-state index is 12.3. The Labute approximate surface area is 179 Å². The molecule has 0 aliphatic heterocycles. The highest BCUT2D eigenvalue weighted by Crippen LogP contribution is 2.20. The van der Waals surface area contributed by atoms with Crippen LogP contribution in [-0.2, 0) is 4.79 Å². The van der Waals surface area contributed by atoms with Crippen LogP contribution in [0.4, 0.5) is 17.1 Å². The number of carbonyl (C=O) groups excluding carboxylic acids is 2. The van der Waals surface area contributed by atoms with Gasteiger partial charge in [-0.1, -0.05) is 24.3 Å². The Hall–Kier alpha value is -4.20. The molecular formula is C23H21N3O5. The molecule has 158 valence electrons. The predicted molar refractivity (Wildman–Crippen MR) is 118 cm³/mol. The predicted octanol–water partition coefficient (Wildman–Crippen LogP) is 4.48. The SMILES string of the molecule is Cc1cccc(C)c1NC(=O)COc1ccc(NC(=O)c2cccc([N+](=O)[O-])c2)cc1. The number of amides is 2. The lowest BCUT2D eigenvalue weighted by molar-refractivity contribution is -0.384. The number of rotatable bonds is 7. The summed E-state index contributed by atoms with van der Waals surface area (Å²) in [6, 6.07) is 17.7. The first-order chi connectivity index (χ1) is 14.8. The van der Waals surface area contributed by atoms with Crippen molar-refractivity contribution < 1.29 is 19.2 Å². The van der Waals surface area contributed by atoms with E-state index in [1.165, 1.54) is 24.3 Å². The third-order valence-electron chi connectivity index (χ3n) is 4.55. The molecule has 0 fully saturated rings. The van der Waals surface area contributed by atoms with Gasteiger partial charge in [-0.05, 0) is 55.3 Å². The number of non-ortho nitro benzene ring substituents is 1. The van der Waals surface area contributed by atoms with Crippen LogP contribution < -0.4 is 15.4 Å². The van der Waals surface area contributed by atoms with Crippen molar-refractivity contribution in [2.24, 2.45) is 0 Å². The summed E-state index contributed by atoms with van der Waals surface area (Å²) in [4.78, 5) is 34.8. The molecule has 31 heavy (non-hydrogen) atoms. The average molecular weight is 419 g/mol. The second-order valence-electron chi connectivity index (χ2n) is 6.89. The number of nitrogens with one attached hydrogen (secondary N) is 2. The van der Waals surface area contributed by atoms with Crippen molar-refractivity contribution in [1.29, 1.82) is 0 Å². The van der Waals surface area contributed by atoms with E-state index in [0.29, 0.717) is 11.4 Å². The van der Waals surface area contributed by atoms with Gasteiger partial charge in [0.05, 0.1) is 4.92 Å². The summed E-state index contributed by atoms with van der Waals surface area (Å²) in [5.41, 5.74) is 3.22. The summed E-state index contributed by atoms with van der Waals surface area (Å²) in [6.07, 6.45) is 0. The van der Waals surface area contributed by atoms with E-state index in [1.54, 1.807) is 24.3 Å². The number of hydrogen-bond acceptors (Lipinski definition) is 5. The fourth-order valence-electron chi connectivity index (χ4n) is 2.93. The first-order valence-electron chi connectivity index (χ1n) is 9.48. The normalized spacial score (nSPS) is 10.3. The van der Waals surface area contributed by atoms with Crippen molar-refractivity contribution in [3.05, 3.63) is 93.5 Å². The summed E-state index contributed by atoms with van der Waals surface area (Å²) in [5.74, 6) is -0.282. The van der Waals surface area contributed by atoms with Gasteiger partial charge in [-0.2, -0.15) is 0 Å². The molecule has 0 bridgehead atoms. The third-order valence-corrected chi connectivity index (χ3v) is 4.55. The number of anilines is 2. The molecule has 3 rings (SSSR count). The quantitative estimate of drug-likeness (QED) is 0.433. The van der Waals surface area contributed by atoms with Gasteiger partial charge in [0.25, 0.3) is 17.5 Å². The van der Waals surface area contributed by atoms with E-state index in [-0.39, 0.29) is 23.8 Å². The molecule has 8 heteroatoms. The maximum atomic E-state index is 12.3. The van der Waals surface area contributed by atoms with Crippen molar-refractivity contribution in [1.82, 2.24) is 0 Å². The first-order valence-corrected chi connectivity index (χ1v) is 9.48. The van der Waals surface area contributed by atoms with Crippen molar-refractivity contribution in [3.8, 4) is 5.75 Å². The van der Waals surface area contributed by atoms with Crippen LogP contribution >= 0.6 is 0 Å². The summed E-state index contributed by atoms with van der Waals surface area (Å²) in [5, 5.41) is 16.4. The molecule has 0 saturated heterocycles. The molecule has 0 radical (unpaired) electrons. The molecular weight excluding hydrogens is 398 g/mol. The van der Waals surface area contributed by atoms with Gasteiger partial charge in [0, 0.05) is 29.1 Å². The van der Waals surface area contributed by atoms with Gasteiger partial charge in [0.15, 0.2) is 6.61 Å². The van der Waals surface area contributed by atoms with Gasteiger partial charge in [-0.15, -0.1) is 0 Å². The number of para-hydroxylation sites is 1. The number of ether oxygens (including phenoxy) is 1. The van der Waals surface area contributed by atoms with Gasteiger partial charge in [0.2, 0.25) is 0 Å². The minimum atomic E-state index is -0.556. The van der Waals surface area contributed by atoms with Crippen LogP contribution in [0.5, 0.6) is 5.75 Å². The van der Waals surface area contributed by atoms with Crippen molar-refractivity contribution in [3.63, 3.8) is 0 Å². The molecule has 0 atom stereocenters. The van der Waals surface area contributed by atoms with E-state index < -0.39 is 10.8 Å². The van der Waals surface area contributed by atoms with Crippen LogP contribution in [0.25, 0.3) is 0 Å². The van der Waals surface area contributed by atoms with Gasteiger partial charge in [-0.3, -0.25) is 19.7 Å². The van der Waals surface area contributed by atoms with Gasteiger partial charge in [-0.25, -0.2) is 0 Å². The van der Waals surface area contributed by atoms with E-state index >= 15 is 0 Å². The second-order valence-corrected chi connectivity index (χ2v) is 6.89. The molecule has 0 aliphatic carbocycles. The molecule has 0 saturated carbocycles. The topological polar surface area (TPSA) is 111 Å². The standard InChI is InChI=1S/C23H21N3O5/c1-15-5-3-6-16(2)22(15)25-21(27)14-31-20-11-9-18(10-12-20)24-23(28)17-7-4-8-19(13-17)26(29)30/h3-13H,14H2,1-2H3,(H,24,28)(H,25,27). The second kappa shape index (κ2) is 9.53. The minimum absolute atomic E-state index is 0.157. The number of benzene rings is 3. The number of nitrogens with zero attached hydrogens (tertiary/aromatic N) is 1. The fourth-order valence-corrected chi connectivity index (χ4v) is 2.93. The zero-order chi connectivity index (χ0) is 22.4. The average Bonchev–Trinajstić information content (AvgIpc) is 2.76. The highest BCUT2D eigenvalue weighted by molar-refractivity contribution is 6.04. The Morgan fingerprint density at radius 3 is 2.23 bits per heavy atom. The molecule has 0 aliphatic rings. The van der Waals surface area contributed by atoms with Crippen molar-refractivity contribution >= 4 is 28.9 Å². The zero-order valence-electron chi connectivity index (χ0n) is 17.0. The molecule has 3 aromatic rings. The number of carbonyl (C=O) groups is 2. The highest BCUT2D eigenvalue weighted by atomic mass is 16.6. The van der Waals surface area contributed by atoms with E-state index in [1.807, 2.05) is 32.0 Å². The monoisotopic (exact) mass is 419 g/mol. The number of nitro benzene ring substituents is 1. The van der Waals surface area contributed by atoms with E-state index in [2.05, 4.69) is 10.6 Å². The molecule has 8 nitrogen and oxygen atoms in total. The first kappa shape index (κ1) is 21.5. The lowest BCUT2D eigenvalue weighted by Crippen LogP contribution is -2.21. The smallest absolute Gasteiger partial charge is 0.270 e. The van der Waals surface area contributed by atoms with Crippen LogP contribution in [0.1, 0.15) is 21.5 Å². The highest BCUT2D eigenvalue weighted by Gasteiger charge is 2.12. The maximum Gasteiger partial charge on any atom is 0.270 e. The number of nitro groups is 1.